The van der Waals surface area contributed by atoms with Crippen LogP contribution in [0, 0.1) is 0 Å². The van der Waals surface area contributed by atoms with Gasteiger partial charge in [-0.3, -0.25) is 0 Å². The predicted octanol–water partition coefficient (Wildman–Crippen LogP) is 5.68. The average molecular weight is 445 g/mol. The van der Waals surface area contributed by atoms with Crippen molar-refractivity contribution in [2.24, 2.45) is 0 Å². The number of halogens is 10. The van der Waals surface area contributed by atoms with E-state index in [1.165, 1.54) is 0 Å². The van der Waals surface area contributed by atoms with E-state index in [9.17, 15) is 0 Å². The summed E-state index contributed by atoms with van der Waals surface area (Å²) < 4.78 is -7.34. The summed E-state index contributed by atoms with van der Waals surface area (Å²) in [4.78, 5) is 0. The lowest BCUT2D eigenvalue weighted by Crippen LogP contribution is -2.44. The molecule has 0 aliphatic heterocycles. The molecule has 0 aromatic heterocycles. The van der Waals surface area contributed by atoms with Gasteiger partial charge >= 0.3 is 0 Å². The van der Waals surface area contributed by atoms with Crippen LogP contribution in [0.4, 0.5) is 0 Å². The van der Waals surface area contributed by atoms with E-state index in [2.05, 4.69) is 5.32 Å². The number of hydrogen-bond acceptors (Lipinski definition) is 0. The van der Waals surface area contributed by atoms with Crippen molar-refractivity contribution in [3.63, 3.8) is 0 Å². The second-order valence-corrected chi connectivity index (χ2v) is 10.5. The maximum Gasteiger partial charge on any atom is 0.224 e. The summed E-state index contributed by atoms with van der Waals surface area (Å²) >= 11 is 56.1. The minimum absolute atomic E-state index is 0.255. The van der Waals surface area contributed by atoms with E-state index in [1.54, 1.807) is 0 Å². The van der Waals surface area contributed by atoms with E-state index in [0.717, 1.165) is 0 Å². The minimum Gasteiger partial charge on any atom is -0.235 e. The van der Waals surface area contributed by atoms with Crippen LogP contribution in [0.25, 0.3) is 0 Å². The van der Waals surface area contributed by atoms with Gasteiger partial charge in [0.1, 0.15) is 0 Å². The van der Waals surface area contributed by atoms with E-state index in [0.29, 0.717) is 0 Å². The molecule has 0 aliphatic rings. The fraction of sp³-hybridized carbons (Fsp3) is 1.00. The molecule has 0 spiro atoms. The molecular formula is C6H4Cl10N. The normalized spacial score (nSPS) is 15.2. The molecule has 1 nitrogen and oxygen atoms in total. The number of rotatable bonds is 4. The fourth-order valence-corrected chi connectivity index (χ4v) is 1.21. The lowest BCUT2D eigenvalue weighted by molar-refractivity contribution is 0.584. The Kier molecular flexibility index (Phi) is 7.88. The highest BCUT2D eigenvalue weighted by Gasteiger charge is 2.49. The first kappa shape index (κ1) is 19.9. The molecule has 0 atom stereocenters. The van der Waals surface area contributed by atoms with E-state index >= 15 is 0 Å². The fourth-order valence-electron chi connectivity index (χ4n) is 0.516. The van der Waals surface area contributed by atoms with Crippen LogP contribution >= 0.6 is 116 Å². The van der Waals surface area contributed by atoms with E-state index in [1.807, 2.05) is 0 Å². The van der Waals surface area contributed by atoms with Gasteiger partial charge in [-0.25, -0.2) is 5.32 Å². The van der Waals surface area contributed by atoms with Crippen LogP contribution in [-0.4, -0.2) is 29.3 Å². The summed E-state index contributed by atoms with van der Waals surface area (Å²) in [6, 6.07) is 0. The van der Waals surface area contributed by atoms with Gasteiger partial charge in [0.15, 0.2) is 8.67 Å². The van der Waals surface area contributed by atoms with Crippen molar-refractivity contribution < 1.29 is 0 Å². The van der Waals surface area contributed by atoms with Crippen LogP contribution in [0.3, 0.4) is 0 Å². The third kappa shape index (κ3) is 6.44. The maximum atomic E-state index is 5.75. The summed E-state index contributed by atoms with van der Waals surface area (Å²) in [6.07, 6.45) is 0. The molecule has 17 heavy (non-hydrogen) atoms. The van der Waals surface area contributed by atoms with Crippen LogP contribution in [0.5, 0.6) is 0 Å². The van der Waals surface area contributed by atoms with Gasteiger partial charge < -0.3 is 0 Å². The predicted molar refractivity (Wildman–Crippen MR) is 81.3 cm³/mol. The number of nitrogens with zero attached hydrogens (tertiary/aromatic N) is 1. The molecule has 0 rings (SSSR count). The molecule has 0 aromatic carbocycles. The zero-order valence-electron chi connectivity index (χ0n) is 7.64. The van der Waals surface area contributed by atoms with Gasteiger partial charge in [0.25, 0.3) is 0 Å². The zero-order chi connectivity index (χ0) is 14.1. The molecule has 0 unspecified atom stereocenters. The van der Waals surface area contributed by atoms with Gasteiger partial charge in [-0.1, -0.05) is 116 Å². The largest absolute Gasteiger partial charge is 0.235 e. The highest BCUT2D eigenvalue weighted by molar-refractivity contribution is 6.76. The molecule has 0 heterocycles. The van der Waals surface area contributed by atoms with E-state index in [-0.39, 0.29) is 13.1 Å². The molecule has 0 saturated carbocycles. The van der Waals surface area contributed by atoms with Crippen LogP contribution in [0.2, 0.25) is 0 Å². The molecule has 0 N–H and O–H groups in total. The molecule has 0 fully saturated rings. The van der Waals surface area contributed by atoms with Crippen molar-refractivity contribution in [2.75, 3.05) is 13.1 Å². The van der Waals surface area contributed by atoms with Crippen molar-refractivity contribution in [1.82, 2.24) is 5.32 Å². The second kappa shape index (κ2) is 6.75. The smallest absolute Gasteiger partial charge is 0.224 e. The Morgan fingerprint density at radius 3 is 0.941 bits per heavy atom. The topological polar surface area (TPSA) is 14.1 Å². The maximum absolute atomic E-state index is 5.75. The lowest BCUT2D eigenvalue weighted by atomic mass is 10.4. The SMILES string of the molecule is ClC(Cl)(Cl)C(Cl)(Cl)C[N]CC(Cl)(Cl)C(Cl)(Cl)Cl. The van der Waals surface area contributed by atoms with Crippen molar-refractivity contribution in [1.29, 1.82) is 0 Å². The zero-order valence-corrected chi connectivity index (χ0v) is 15.2. The van der Waals surface area contributed by atoms with Crippen molar-refractivity contribution >= 4 is 116 Å². The standard InChI is InChI=1S/C6H4Cl10N/c7-3(8,5(11,12)13)1-17-2-4(9,10)6(14,15)16/h1-2H2. The van der Waals surface area contributed by atoms with Crippen LogP contribution in [-0.2, 0) is 0 Å². The molecule has 0 bridgehead atoms. The molecule has 103 valence electrons. The molecule has 0 aliphatic carbocycles. The highest BCUT2D eigenvalue weighted by atomic mass is 35.6. The molecular weight excluding hydrogens is 441 g/mol. The first-order valence-corrected chi connectivity index (χ1v) is 7.51. The van der Waals surface area contributed by atoms with Gasteiger partial charge in [-0.15, -0.1) is 0 Å². The highest BCUT2D eigenvalue weighted by Crippen LogP contribution is 2.47. The van der Waals surface area contributed by atoms with Gasteiger partial charge in [0, 0.05) is 0 Å². The van der Waals surface area contributed by atoms with Gasteiger partial charge in [0.05, 0.1) is 13.1 Å². The third-order valence-electron chi connectivity index (χ3n) is 1.45. The van der Waals surface area contributed by atoms with E-state index < -0.39 is 16.3 Å². The molecule has 0 aromatic rings. The van der Waals surface area contributed by atoms with Crippen molar-refractivity contribution in [3.05, 3.63) is 0 Å². The Balaban J connectivity index is 4.36. The number of hydrogen-bond donors (Lipinski definition) is 0. The monoisotopic (exact) mass is 440 g/mol. The summed E-state index contributed by atoms with van der Waals surface area (Å²) in [5.74, 6) is 0. The first-order chi connectivity index (χ1) is 7.21. The summed E-state index contributed by atoms with van der Waals surface area (Å²) in [5.41, 5.74) is 0. The Morgan fingerprint density at radius 2 is 0.765 bits per heavy atom. The Labute approximate surface area is 149 Å². The van der Waals surface area contributed by atoms with E-state index in [4.69, 9.17) is 116 Å². The Morgan fingerprint density at radius 1 is 0.529 bits per heavy atom. The summed E-state index contributed by atoms with van der Waals surface area (Å²) in [5, 5.41) is 3.81. The van der Waals surface area contributed by atoms with Crippen molar-refractivity contribution in [2.45, 2.75) is 16.3 Å². The van der Waals surface area contributed by atoms with Crippen LogP contribution < -0.4 is 5.32 Å². The Bertz CT molecular complexity index is 225. The lowest BCUT2D eigenvalue weighted by Gasteiger charge is -2.30. The van der Waals surface area contributed by atoms with Crippen LogP contribution in [0.1, 0.15) is 0 Å². The van der Waals surface area contributed by atoms with Crippen LogP contribution in [0.15, 0.2) is 0 Å². The molecule has 0 saturated heterocycles. The van der Waals surface area contributed by atoms with Gasteiger partial charge in [0.2, 0.25) is 7.59 Å². The van der Waals surface area contributed by atoms with Gasteiger partial charge in [-0.05, 0) is 0 Å². The Hall–Kier alpha value is 2.86. The summed E-state index contributed by atoms with van der Waals surface area (Å²) in [7, 11) is 0. The van der Waals surface area contributed by atoms with Crippen molar-refractivity contribution in [3.8, 4) is 0 Å². The average Bonchev–Trinajstić information content (AvgIpc) is 1.98. The number of alkyl halides is 10. The molecule has 0 amide bonds. The second-order valence-electron chi connectivity index (χ2n) is 2.94. The summed E-state index contributed by atoms with van der Waals surface area (Å²) in [6.45, 7) is -0.511. The minimum atomic E-state index is -1.93. The molecule has 1 radical (unpaired) electrons. The third-order valence-corrected chi connectivity index (χ3v) is 6.16. The first-order valence-electron chi connectivity index (χ1n) is 3.73. The quantitative estimate of drug-likeness (QED) is 0.496. The molecule has 11 heteroatoms. The van der Waals surface area contributed by atoms with Gasteiger partial charge in [-0.2, -0.15) is 0 Å².